The zero-order chi connectivity index (χ0) is 22.4. The molecule has 1 aromatic carbocycles. The molecule has 0 spiro atoms. The molecule has 0 radical (unpaired) electrons. The van der Waals surface area contributed by atoms with Crippen LogP contribution in [0.4, 0.5) is 5.69 Å². The van der Waals surface area contributed by atoms with Crippen molar-refractivity contribution in [2.75, 3.05) is 39.3 Å². The van der Waals surface area contributed by atoms with Gasteiger partial charge in [-0.2, -0.15) is 0 Å². The Labute approximate surface area is 192 Å². The van der Waals surface area contributed by atoms with E-state index in [0.717, 1.165) is 57.1 Å². The molecule has 3 rings (SSSR count). The maximum Gasteiger partial charge on any atom is 0.305 e. The molecular weight excluding hydrogens is 434 g/mol. The first-order chi connectivity index (χ1) is 15.0. The van der Waals surface area contributed by atoms with Crippen molar-refractivity contribution in [2.45, 2.75) is 43.9 Å². The lowest BCUT2D eigenvalue weighted by molar-refractivity contribution is -0.140. The molecule has 1 aromatic rings. The van der Waals surface area contributed by atoms with E-state index < -0.39 is 0 Å². The average molecular weight is 464 g/mol. The van der Waals surface area contributed by atoms with Crippen molar-refractivity contribution in [3.63, 3.8) is 0 Å². The highest BCUT2D eigenvalue weighted by atomic mass is 32.2. The third-order valence-corrected chi connectivity index (χ3v) is 7.65. The molecule has 9 heteroatoms. The highest BCUT2D eigenvalue weighted by molar-refractivity contribution is 8.19. The number of fused-ring (bicyclic) bond motifs is 1. The predicted molar refractivity (Wildman–Crippen MR) is 127 cm³/mol. The van der Waals surface area contributed by atoms with Gasteiger partial charge in [-0.3, -0.25) is 19.5 Å². The number of carbonyl (C=O) groups excluding carboxylic acids is 2. The summed E-state index contributed by atoms with van der Waals surface area (Å²) in [4.78, 5) is 34.6. The summed E-state index contributed by atoms with van der Waals surface area (Å²) >= 11 is 3.07. The van der Waals surface area contributed by atoms with Crippen LogP contribution in [0.15, 0.2) is 38.0 Å². The Bertz CT molecular complexity index is 901. The van der Waals surface area contributed by atoms with E-state index >= 15 is 0 Å². The summed E-state index contributed by atoms with van der Waals surface area (Å²) in [5, 5.41) is 1.71. The van der Waals surface area contributed by atoms with Gasteiger partial charge in [0, 0.05) is 37.5 Å². The number of rotatable bonds is 9. The van der Waals surface area contributed by atoms with Crippen molar-refractivity contribution in [3.8, 4) is 5.75 Å². The van der Waals surface area contributed by atoms with Crippen LogP contribution in [0.5, 0.6) is 5.75 Å². The zero-order valence-electron chi connectivity index (χ0n) is 18.5. The number of unbranched alkanes of at least 4 members (excludes halogenated alkanes) is 3. The Hall–Kier alpha value is -2.13. The summed E-state index contributed by atoms with van der Waals surface area (Å²) in [6.07, 6.45) is 4.21. The normalized spacial score (nSPS) is 19.4. The number of methoxy groups -OCH3 is 2. The number of hydrogen-bond acceptors (Lipinski definition) is 8. The molecular formula is C22H29N3O4S2. The highest BCUT2D eigenvalue weighted by Crippen LogP contribution is 2.50. The largest absolute Gasteiger partial charge is 0.497 e. The standard InChI is InChI=1S/C22H29N3O4S2/c1-5-25-20(27)19(21-24(2)16-14-15(28-3)11-12-17(16)30-21)31-22(25)23-13-9-7-6-8-10-18(26)29-4/h11-12,14H,5-10,13H2,1-4H3/b21-19-,23-22?. The van der Waals surface area contributed by atoms with Crippen molar-refractivity contribution >= 4 is 46.3 Å². The van der Waals surface area contributed by atoms with Gasteiger partial charge in [0.2, 0.25) is 0 Å². The van der Waals surface area contributed by atoms with Gasteiger partial charge < -0.3 is 14.4 Å². The molecule has 2 aliphatic rings. The van der Waals surface area contributed by atoms with Crippen molar-refractivity contribution in [1.29, 1.82) is 0 Å². The van der Waals surface area contributed by atoms with E-state index in [1.807, 2.05) is 32.2 Å². The first kappa shape index (κ1) is 23.5. The lowest BCUT2D eigenvalue weighted by Crippen LogP contribution is -2.29. The van der Waals surface area contributed by atoms with Gasteiger partial charge in [-0.1, -0.05) is 24.6 Å². The van der Waals surface area contributed by atoms with Crippen LogP contribution in [0.25, 0.3) is 0 Å². The van der Waals surface area contributed by atoms with Gasteiger partial charge in [0.05, 0.1) is 24.9 Å². The number of thioether (sulfide) groups is 2. The highest BCUT2D eigenvalue weighted by Gasteiger charge is 2.38. The molecule has 0 aromatic heterocycles. The summed E-state index contributed by atoms with van der Waals surface area (Å²) in [5.41, 5.74) is 1.04. The van der Waals surface area contributed by atoms with E-state index in [9.17, 15) is 9.59 Å². The zero-order valence-corrected chi connectivity index (χ0v) is 20.1. The number of ether oxygens (including phenoxy) is 2. The van der Waals surface area contributed by atoms with Crippen LogP contribution in [0.1, 0.15) is 39.0 Å². The molecule has 168 valence electrons. The van der Waals surface area contributed by atoms with Crippen LogP contribution in [-0.2, 0) is 14.3 Å². The van der Waals surface area contributed by atoms with Crippen molar-refractivity contribution in [3.05, 3.63) is 28.1 Å². The third-order valence-electron chi connectivity index (χ3n) is 5.18. The quantitative estimate of drug-likeness (QED) is 0.304. The molecule has 0 aliphatic carbocycles. The van der Waals surface area contributed by atoms with Crippen LogP contribution < -0.4 is 9.64 Å². The van der Waals surface area contributed by atoms with E-state index in [1.165, 1.54) is 18.9 Å². The number of esters is 1. The number of amidine groups is 1. The minimum absolute atomic E-state index is 0.0125. The molecule has 2 heterocycles. The van der Waals surface area contributed by atoms with E-state index in [0.29, 0.717) is 19.5 Å². The van der Waals surface area contributed by atoms with Gasteiger partial charge in [0.15, 0.2) is 5.17 Å². The van der Waals surface area contributed by atoms with Gasteiger partial charge in [0.1, 0.15) is 10.7 Å². The molecule has 0 atom stereocenters. The first-order valence-corrected chi connectivity index (χ1v) is 12.1. The Morgan fingerprint density at radius 2 is 1.90 bits per heavy atom. The second-order valence-corrected chi connectivity index (χ2v) is 9.19. The topological polar surface area (TPSA) is 71.4 Å². The molecule has 0 N–H and O–H groups in total. The average Bonchev–Trinajstić information content (AvgIpc) is 3.28. The lowest BCUT2D eigenvalue weighted by atomic mass is 10.1. The van der Waals surface area contributed by atoms with E-state index in [-0.39, 0.29) is 11.9 Å². The second kappa shape index (κ2) is 10.9. The molecule has 31 heavy (non-hydrogen) atoms. The van der Waals surface area contributed by atoms with Gasteiger partial charge in [-0.15, -0.1) is 0 Å². The minimum Gasteiger partial charge on any atom is -0.497 e. The molecule has 1 amide bonds. The van der Waals surface area contributed by atoms with Gasteiger partial charge in [0.25, 0.3) is 5.91 Å². The summed E-state index contributed by atoms with van der Waals surface area (Å²) in [5.74, 6) is 0.654. The lowest BCUT2D eigenvalue weighted by Gasteiger charge is -2.15. The number of hydrogen-bond donors (Lipinski definition) is 0. The summed E-state index contributed by atoms with van der Waals surface area (Å²) in [7, 11) is 5.05. The smallest absolute Gasteiger partial charge is 0.305 e. The molecule has 0 bridgehead atoms. The Morgan fingerprint density at radius 3 is 2.61 bits per heavy atom. The molecule has 2 aliphatic heterocycles. The molecule has 7 nitrogen and oxygen atoms in total. The maximum atomic E-state index is 13.1. The van der Waals surface area contributed by atoms with Gasteiger partial charge in [-0.05, 0) is 43.7 Å². The third kappa shape index (κ3) is 5.38. The van der Waals surface area contributed by atoms with E-state index in [4.69, 9.17) is 9.73 Å². The number of carbonyl (C=O) groups is 2. The number of nitrogens with zero attached hydrogens (tertiary/aromatic N) is 3. The second-order valence-electron chi connectivity index (χ2n) is 7.19. The molecule has 1 fully saturated rings. The number of amides is 1. The number of likely N-dealkylation sites (N-methyl/N-ethyl adjacent to an activating group) is 1. The van der Waals surface area contributed by atoms with Gasteiger partial charge in [-0.25, -0.2) is 0 Å². The van der Waals surface area contributed by atoms with Crippen molar-refractivity contribution < 1.29 is 19.1 Å². The fourth-order valence-electron chi connectivity index (χ4n) is 3.40. The fourth-order valence-corrected chi connectivity index (χ4v) is 5.79. The van der Waals surface area contributed by atoms with Crippen LogP contribution in [0.3, 0.4) is 0 Å². The van der Waals surface area contributed by atoms with Crippen LogP contribution in [-0.4, -0.2) is 56.3 Å². The van der Waals surface area contributed by atoms with Crippen LogP contribution in [0, 0.1) is 0 Å². The number of anilines is 1. The van der Waals surface area contributed by atoms with E-state index in [2.05, 4.69) is 9.64 Å². The molecule has 1 saturated heterocycles. The Morgan fingerprint density at radius 1 is 1.13 bits per heavy atom. The number of aliphatic imine (C=N–C) groups is 1. The fraction of sp³-hybridized carbons (Fsp3) is 0.500. The Kier molecular flexibility index (Phi) is 8.31. The molecule has 0 unspecified atom stereocenters. The Balaban J connectivity index is 1.63. The van der Waals surface area contributed by atoms with Crippen molar-refractivity contribution in [1.82, 2.24) is 4.90 Å². The van der Waals surface area contributed by atoms with Crippen LogP contribution >= 0.6 is 23.5 Å². The first-order valence-electron chi connectivity index (χ1n) is 10.4. The summed E-state index contributed by atoms with van der Waals surface area (Å²) < 4.78 is 10.00. The predicted octanol–water partition coefficient (Wildman–Crippen LogP) is 4.48. The minimum atomic E-state index is -0.157. The van der Waals surface area contributed by atoms with E-state index in [1.54, 1.807) is 23.8 Å². The SMILES string of the molecule is CCN1C(=O)/C(=C2/Sc3ccc(OC)cc3N2C)SC1=NCCCCCCC(=O)OC. The van der Waals surface area contributed by atoms with Crippen molar-refractivity contribution in [2.24, 2.45) is 4.99 Å². The van der Waals surface area contributed by atoms with Crippen LogP contribution in [0.2, 0.25) is 0 Å². The summed E-state index contributed by atoms with van der Waals surface area (Å²) in [6.45, 7) is 3.24. The summed E-state index contributed by atoms with van der Waals surface area (Å²) in [6, 6.07) is 5.96. The number of benzene rings is 1. The van der Waals surface area contributed by atoms with Gasteiger partial charge >= 0.3 is 5.97 Å². The maximum absolute atomic E-state index is 13.1. The molecule has 0 saturated carbocycles. The monoisotopic (exact) mass is 463 g/mol.